The summed E-state index contributed by atoms with van der Waals surface area (Å²) in [5, 5.41) is 9.84. The molecule has 0 saturated carbocycles. The standard InChI is InChI=1S/C27H33N3O6/c1-18-13-30(19(2)16-31)27(32)22-10-20(6-5-9-33-4)12-28-26(22)36-25(18)15-29(3)14-21-7-8-23-24(11-21)35-17-34-23/h7-8,10-12,18-19,25,31H,9,13-17H2,1-4H3/t18-,19+,25-/m0/s1. The Morgan fingerprint density at radius 3 is 2.89 bits per heavy atom. The number of rotatable bonds is 7. The Hall–Kier alpha value is -3.32. The number of fused-ring (bicyclic) bond motifs is 2. The molecule has 0 aliphatic carbocycles. The zero-order valence-electron chi connectivity index (χ0n) is 21.2. The van der Waals surface area contributed by atoms with E-state index in [4.69, 9.17) is 18.9 Å². The molecule has 9 nitrogen and oxygen atoms in total. The second-order valence-corrected chi connectivity index (χ2v) is 9.32. The summed E-state index contributed by atoms with van der Waals surface area (Å²) in [7, 11) is 3.60. The third kappa shape index (κ3) is 5.90. The third-order valence-corrected chi connectivity index (χ3v) is 6.35. The van der Waals surface area contributed by atoms with Gasteiger partial charge in [-0.3, -0.25) is 9.69 Å². The number of hydrogen-bond donors (Lipinski definition) is 1. The molecule has 1 amide bonds. The van der Waals surface area contributed by atoms with Gasteiger partial charge in [0.1, 0.15) is 18.3 Å². The minimum atomic E-state index is -0.346. The van der Waals surface area contributed by atoms with Crippen molar-refractivity contribution in [1.29, 1.82) is 0 Å². The molecule has 0 spiro atoms. The van der Waals surface area contributed by atoms with Crippen molar-refractivity contribution in [3.05, 3.63) is 47.2 Å². The summed E-state index contributed by atoms with van der Waals surface area (Å²) in [5.41, 5.74) is 2.04. The number of aromatic nitrogens is 1. The van der Waals surface area contributed by atoms with E-state index in [0.717, 1.165) is 17.1 Å². The molecule has 2 aliphatic heterocycles. The zero-order chi connectivity index (χ0) is 25.7. The summed E-state index contributed by atoms with van der Waals surface area (Å²) in [6.07, 6.45) is 1.37. The summed E-state index contributed by atoms with van der Waals surface area (Å²) in [4.78, 5) is 21.8. The van der Waals surface area contributed by atoms with Crippen molar-refractivity contribution >= 4 is 5.91 Å². The molecule has 0 saturated heterocycles. The van der Waals surface area contributed by atoms with Crippen molar-refractivity contribution in [3.8, 4) is 29.2 Å². The number of amides is 1. The lowest BCUT2D eigenvalue weighted by Gasteiger charge is -2.37. The topological polar surface area (TPSA) is 93.6 Å². The number of methoxy groups -OCH3 is 1. The van der Waals surface area contributed by atoms with Gasteiger partial charge in [-0.2, -0.15) is 0 Å². The van der Waals surface area contributed by atoms with Crippen LogP contribution in [0.1, 0.15) is 35.3 Å². The molecule has 0 bridgehead atoms. The number of nitrogens with zero attached hydrogens (tertiary/aromatic N) is 3. The van der Waals surface area contributed by atoms with Crippen LogP contribution in [0.4, 0.5) is 0 Å². The maximum absolute atomic E-state index is 13.5. The number of likely N-dealkylation sites (N-methyl/N-ethyl adjacent to an activating group) is 1. The first-order valence-corrected chi connectivity index (χ1v) is 12.0. The molecular formula is C27H33N3O6. The number of aliphatic hydroxyl groups excluding tert-OH is 1. The van der Waals surface area contributed by atoms with Gasteiger partial charge in [0.05, 0.1) is 12.6 Å². The van der Waals surface area contributed by atoms with Crippen molar-refractivity contribution in [3.63, 3.8) is 0 Å². The smallest absolute Gasteiger partial charge is 0.259 e. The lowest BCUT2D eigenvalue weighted by atomic mass is 9.99. The van der Waals surface area contributed by atoms with E-state index in [0.29, 0.717) is 30.8 Å². The van der Waals surface area contributed by atoms with Crippen molar-refractivity contribution < 1.29 is 28.8 Å². The summed E-state index contributed by atoms with van der Waals surface area (Å²) in [6, 6.07) is 7.30. The van der Waals surface area contributed by atoms with Gasteiger partial charge in [0.15, 0.2) is 11.5 Å². The average Bonchev–Trinajstić information content (AvgIpc) is 3.34. The highest BCUT2D eigenvalue weighted by molar-refractivity contribution is 5.97. The van der Waals surface area contributed by atoms with Crippen LogP contribution < -0.4 is 14.2 Å². The van der Waals surface area contributed by atoms with E-state index in [1.54, 1.807) is 24.3 Å². The van der Waals surface area contributed by atoms with Crippen molar-refractivity contribution in [2.45, 2.75) is 32.5 Å². The summed E-state index contributed by atoms with van der Waals surface area (Å²) >= 11 is 0. The van der Waals surface area contributed by atoms with Crippen LogP contribution in [0, 0.1) is 17.8 Å². The molecule has 0 fully saturated rings. The molecule has 9 heteroatoms. The molecule has 0 unspecified atom stereocenters. The molecule has 1 aromatic carbocycles. The van der Waals surface area contributed by atoms with Gasteiger partial charge in [-0.05, 0) is 37.7 Å². The van der Waals surface area contributed by atoms with E-state index >= 15 is 0 Å². The predicted molar refractivity (Wildman–Crippen MR) is 133 cm³/mol. The van der Waals surface area contributed by atoms with E-state index in [2.05, 4.69) is 28.6 Å². The minimum Gasteiger partial charge on any atom is -0.472 e. The Labute approximate surface area is 211 Å². The molecule has 192 valence electrons. The molecule has 1 N–H and O–H groups in total. The first-order valence-electron chi connectivity index (χ1n) is 12.0. The first kappa shape index (κ1) is 25.8. The Balaban J connectivity index is 1.57. The third-order valence-electron chi connectivity index (χ3n) is 6.35. The fourth-order valence-electron chi connectivity index (χ4n) is 4.32. The fraction of sp³-hybridized carbons (Fsp3) is 0.481. The first-order chi connectivity index (χ1) is 17.4. The highest BCUT2D eigenvalue weighted by atomic mass is 16.7. The van der Waals surface area contributed by atoms with Crippen LogP contribution in [0.15, 0.2) is 30.5 Å². The fourth-order valence-corrected chi connectivity index (χ4v) is 4.32. The van der Waals surface area contributed by atoms with Gasteiger partial charge in [-0.1, -0.05) is 24.8 Å². The largest absolute Gasteiger partial charge is 0.472 e. The Morgan fingerprint density at radius 1 is 1.31 bits per heavy atom. The zero-order valence-corrected chi connectivity index (χ0v) is 21.2. The van der Waals surface area contributed by atoms with Crippen LogP contribution in [0.2, 0.25) is 0 Å². The SMILES string of the molecule is COCC#Cc1cnc2c(c1)C(=O)N([C@H](C)CO)C[C@H](C)[C@H](CN(C)Cc1ccc3c(c1)OCO3)O2. The molecule has 36 heavy (non-hydrogen) atoms. The average molecular weight is 496 g/mol. The molecule has 1 aromatic heterocycles. The van der Waals surface area contributed by atoms with Crippen LogP contribution in [-0.2, 0) is 11.3 Å². The monoisotopic (exact) mass is 495 g/mol. The van der Waals surface area contributed by atoms with Crippen LogP contribution in [0.3, 0.4) is 0 Å². The molecule has 3 atom stereocenters. The maximum Gasteiger partial charge on any atom is 0.259 e. The molecule has 0 radical (unpaired) electrons. The van der Waals surface area contributed by atoms with Crippen molar-refractivity contribution in [1.82, 2.24) is 14.8 Å². The quantitative estimate of drug-likeness (QED) is 0.585. The molecule has 2 aliphatic rings. The van der Waals surface area contributed by atoms with E-state index in [1.807, 2.05) is 32.2 Å². The molecule has 4 rings (SSSR count). The number of benzene rings is 1. The highest BCUT2D eigenvalue weighted by Crippen LogP contribution is 2.33. The number of aliphatic hydroxyl groups is 1. The second-order valence-electron chi connectivity index (χ2n) is 9.32. The van der Waals surface area contributed by atoms with Crippen LogP contribution >= 0.6 is 0 Å². The number of carbonyl (C=O) groups is 1. The van der Waals surface area contributed by atoms with Gasteiger partial charge in [-0.15, -0.1) is 0 Å². The Morgan fingerprint density at radius 2 is 2.11 bits per heavy atom. The number of carbonyl (C=O) groups excluding carboxylic acids is 1. The lowest BCUT2D eigenvalue weighted by molar-refractivity contribution is 0.0325. The number of pyridine rings is 1. The lowest BCUT2D eigenvalue weighted by Crippen LogP contribution is -2.49. The van der Waals surface area contributed by atoms with Crippen LogP contribution in [-0.4, -0.2) is 85.2 Å². The highest BCUT2D eigenvalue weighted by Gasteiger charge is 2.34. The predicted octanol–water partition coefficient (Wildman–Crippen LogP) is 2.16. The summed E-state index contributed by atoms with van der Waals surface area (Å²) in [6.45, 7) is 6.03. The van der Waals surface area contributed by atoms with Crippen molar-refractivity contribution in [2.24, 2.45) is 5.92 Å². The van der Waals surface area contributed by atoms with Crippen molar-refractivity contribution in [2.75, 3.05) is 47.3 Å². The maximum atomic E-state index is 13.5. The number of ether oxygens (including phenoxy) is 4. The molecule has 2 aromatic rings. The summed E-state index contributed by atoms with van der Waals surface area (Å²) in [5.74, 6) is 7.42. The van der Waals surface area contributed by atoms with E-state index < -0.39 is 0 Å². The van der Waals surface area contributed by atoms with Gasteiger partial charge in [0.25, 0.3) is 5.91 Å². The Bertz CT molecular complexity index is 1140. The van der Waals surface area contributed by atoms with Gasteiger partial charge < -0.3 is 29.0 Å². The van der Waals surface area contributed by atoms with Gasteiger partial charge >= 0.3 is 0 Å². The molecule has 3 heterocycles. The minimum absolute atomic E-state index is 0.00160. The van der Waals surface area contributed by atoms with Gasteiger partial charge in [-0.25, -0.2) is 4.98 Å². The van der Waals surface area contributed by atoms with E-state index in [1.165, 1.54) is 0 Å². The van der Waals surface area contributed by atoms with Crippen LogP contribution in [0.5, 0.6) is 17.4 Å². The Kier molecular flexibility index (Phi) is 8.31. The second kappa shape index (κ2) is 11.6. The van der Waals surface area contributed by atoms with Gasteiger partial charge in [0.2, 0.25) is 12.7 Å². The molecular weight excluding hydrogens is 462 g/mol. The number of hydrogen-bond acceptors (Lipinski definition) is 8. The van der Waals surface area contributed by atoms with Gasteiger partial charge in [0, 0.05) is 44.4 Å². The van der Waals surface area contributed by atoms with E-state index in [9.17, 15) is 9.90 Å². The van der Waals surface area contributed by atoms with E-state index in [-0.39, 0.29) is 49.9 Å². The normalized spacial score (nSPS) is 19.6. The summed E-state index contributed by atoms with van der Waals surface area (Å²) < 4.78 is 22.3. The van der Waals surface area contributed by atoms with Crippen LogP contribution in [0.25, 0.3) is 0 Å².